The van der Waals surface area contributed by atoms with Gasteiger partial charge in [-0.15, -0.1) is 0 Å². The zero-order chi connectivity index (χ0) is 26.1. The molecule has 36 heavy (non-hydrogen) atoms. The molecule has 1 atom stereocenters. The largest absolute Gasteiger partial charge is 0.480 e. The molecule has 3 N–H and O–H groups in total. The van der Waals surface area contributed by atoms with Crippen LogP contribution < -0.4 is 10.6 Å². The van der Waals surface area contributed by atoms with E-state index in [0.29, 0.717) is 12.2 Å². The number of rotatable bonds is 10. The zero-order valence-electron chi connectivity index (χ0n) is 20.7. The maximum atomic E-state index is 12.8. The smallest absolute Gasteiger partial charge is 0.407 e. The number of alkyl carbamates (subject to hydrolysis) is 1. The predicted octanol–water partition coefficient (Wildman–Crippen LogP) is 4.95. The van der Waals surface area contributed by atoms with E-state index in [1.165, 1.54) is 0 Å². The number of hydrogen-bond acceptors (Lipinski definition) is 5. The molecule has 0 unspecified atom stereocenters. The van der Waals surface area contributed by atoms with Crippen LogP contribution in [-0.2, 0) is 9.53 Å². The summed E-state index contributed by atoms with van der Waals surface area (Å²) in [5.41, 5.74) is 1.39. The van der Waals surface area contributed by atoms with Crippen molar-refractivity contribution in [3.05, 3.63) is 95.4 Å². The Morgan fingerprint density at radius 2 is 1.50 bits per heavy atom. The Hall–Kier alpha value is -4.07. The number of nitrogens with one attached hydrogen (secondary N) is 2. The van der Waals surface area contributed by atoms with E-state index in [-0.39, 0.29) is 24.6 Å². The SMILES string of the molecule is CC(C)(C)OC(=O)NCCC[C@H](NC(=O)c1ccc(C(c2ccccc2)c2ccccc2)o1)C(=O)O. The van der Waals surface area contributed by atoms with Gasteiger partial charge in [0.05, 0.1) is 5.92 Å². The molecule has 8 heteroatoms. The van der Waals surface area contributed by atoms with Crippen LogP contribution in [0.15, 0.2) is 77.2 Å². The molecular weight excluding hydrogens is 460 g/mol. The molecule has 3 rings (SSSR count). The van der Waals surface area contributed by atoms with Crippen LogP contribution in [0.3, 0.4) is 0 Å². The van der Waals surface area contributed by atoms with Crippen molar-refractivity contribution in [1.29, 1.82) is 0 Å². The summed E-state index contributed by atoms with van der Waals surface area (Å²) in [5, 5.41) is 14.7. The maximum Gasteiger partial charge on any atom is 0.407 e. The fourth-order valence-corrected chi connectivity index (χ4v) is 3.74. The first-order chi connectivity index (χ1) is 17.1. The molecule has 0 spiro atoms. The summed E-state index contributed by atoms with van der Waals surface area (Å²) < 4.78 is 11.1. The highest BCUT2D eigenvalue weighted by Gasteiger charge is 2.25. The minimum atomic E-state index is -1.17. The average molecular weight is 493 g/mol. The number of hydrogen-bond donors (Lipinski definition) is 3. The van der Waals surface area contributed by atoms with Gasteiger partial charge in [-0.25, -0.2) is 9.59 Å². The lowest BCUT2D eigenvalue weighted by atomic mass is 9.89. The van der Waals surface area contributed by atoms with Crippen molar-refractivity contribution in [2.75, 3.05) is 6.54 Å². The Kier molecular flexibility index (Phi) is 8.89. The second-order valence-electron chi connectivity index (χ2n) is 9.39. The van der Waals surface area contributed by atoms with E-state index in [0.717, 1.165) is 11.1 Å². The summed E-state index contributed by atoms with van der Waals surface area (Å²) in [5.74, 6) is -1.40. The van der Waals surface area contributed by atoms with E-state index in [1.807, 2.05) is 60.7 Å². The molecule has 190 valence electrons. The number of benzene rings is 2. The first kappa shape index (κ1) is 26.5. The number of carboxylic acid groups (broad SMARTS) is 1. The van der Waals surface area contributed by atoms with Gasteiger partial charge in [-0.05, 0) is 56.9 Å². The van der Waals surface area contributed by atoms with Crippen LogP contribution in [0.1, 0.15) is 67.0 Å². The number of amides is 2. The van der Waals surface area contributed by atoms with Gasteiger partial charge in [0.2, 0.25) is 0 Å². The molecule has 8 nitrogen and oxygen atoms in total. The van der Waals surface area contributed by atoms with Gasteiger partial charge in [0.15, 0.2) is 5.76 Å². The molecule has 1 heterocycles. The summed E-state index contributed by atoms with van der Waals surface area (Å²) >= 11 is 0. The molecule has 3 aromatic rings. The quantitative estimate of drug-likeness (QED) is 0.345. The predicted molar refractivity (Wildman–Crippen MR) is 135 cm³/mol. The molecule has 2 amide bonds. The van der Waals surface area contributed by atoms with Gasteiger partial charge in [-0.3, -0.25) is 4.79 Å². The second kappa shape index (κ2) is 12.1. The van der Waals surface area contributed by atoms with Gasteiger partial charge in [0, 0.05) is 6.54 Å². The first-order valence-electron chi connectivity index (χ1n) is 11.8. The molecule has 0 saturated carbocycles. The number of carboxylic acids is 1. The van der Waals surface area contributed by atoms with E-state index < -0.39 is 29.6 Å². The van der Waals surface area contributed by atoms with Crippen molar-refractivity contribution < 1.29 is 28.6 Å². The molecule has 2 aromatic carbocycles. The maximum absolute atomic E-state index is 12.8. The molecule has 0 aliphatic carbocycles. The van der Waals surface area contributed by atoms with Crippen molar-refractivity contribution in [1.82, 2.24) is 10.6 Å². The van der Waals surface area contributed by atoms with Gasteiger partial charge in [0.1, 0.15) is 17.4 Å². The van der Waals surface area contributed by atoms with Crippen LogP contribution in [-0.4, -0.2) is 41.3 Å². The summed E-state index contributed by atoms with van der Waals surface area (Å²) in [6.07, 6.45) is -0.113. The summed E-state index contributed by atoms with van der Waals surface area (Å²) in [6.45, 7) is 5.48. The number of carbonyl (C=O) groups is 3. The Bertz CT molecular complexity index is 1110. The van der Waals surface area contributed by atoms with E-state index in [9.17, 15) is 19.5 Å². The Morgan fingerprint density at radius 1 is 0.917 bits per heavy atom. The van der Waals surface area contributed by atoms with Crippen LogP contribution in [0.4, 0.5) is 4.79 Å². The Morgan fingerprint density at radius 3 is 2.03 bits per heavy atom. The number of carbonyl (C=O) groups excluding carboxylic acids is 2. The normalized spacial score (nSPS) is 12.1. The fraction of sp³-hybridized carbons (Fsp3) is 0.321. The lowest BCUT2D eigenvalue weighted by Gasteiger charge is -2.20. The van der Waals surface area contributed by atoms with Gasteiger partial charge < -0.3 is 24.9 Å². The molecule has 0 saturated heterocycles. The number of ether oxygens (including phenoxy) is 1. The van der Waals surface area contributed by atoms with Crippen molar-refractivity contribution >= 4 is 18.0 Å². The zero-order valence-corrected chi connectivity index (χ0v) is 20.7. The van der Waals surface area contributed by atoms with E-state index in [1.54, 1.807) is 32.9 Å². The third-order valence-electron chi connectivity index (χ3n) is 5.34. The second-order valence-corrected chi connectivity index (χ2v) is 9.39. The number of furan rings is 1. The minimum absolute atomic E-state index is 0.0278. The van der Waals surface area contributed by atoms with E-state index in [4.69, 9.17) is 9.15 Å². The summed E-state index contributed by atoms with van der Waals surface area (Å²) in [7, 11) is 0. The van der Waals surface area contributed by atoms with Crippen molar-refractivity contribution in [2.45, 2.75) is 51.2 Å². The summed E-state index contributed by atoms with van der Waals surface area (Å²) in [6, 6.07) is 21.7. The molecule has 0 fully saturated rings. The van der Waals surface area contributed by atoms with Crippen LogP contribution in [0.5, 0.6) is 0 Å². The lowest BCUT2D eigenvalue weighted by molar-refractivity contribution is -0.139. The molecule has 0 radical (unpaired) electrons. The standard InChI is InChI=1S/C28H32N2O6/c1-28(2,3)36-27(34)29-18-10-15-21(26(32)33)30-25(31)23-17-16-22(35-23)24(19-11-6-4-7-12-19)20-13-8-5-9-14-20/h4-9,11-14,16-17,21,24H,10,15,18H2,1-3H3,(H,29,34)(H,30,31)(H,32,33)/t21-/m0/s1. The van der Waals surface area contributed by atoms with Gasteiger partial charge >= 0.3 is 12.1 Å². The van der Waals surface area contributed by atoms with Gasteiger partial charge in [-0.2, -0.15) is 0 Å². The van der Waals surface area contributed by atoms with Crippen LogP contribution in [0.25, 0.3) is 0 Å². The first-order valence-corrected chi connectivity index (χ1v) is 11.8. The van der Waals surface area contributed by atoms with Crippen LogP contribution >= 0.6 is 0 Å². The molecule has 0 aliphatic rings. The third kappa shape index (κ3) is 7.73. The van der Waals surface area contributed by atoms with Crippen molar-refractivity contribution in [3.8, 4) is 0 Å². The molecule has 1 aromatic heterocycles. The highest BCUT2D eigenvalue weighted by atomic mass is 16.6. The van der Waals surface area contributed by atoms with Crippen LogP contribution in [0.2, 0.25) is 0 Å². The Balaban J connectivity index is 1.65. The van der Waals surface area contributed by atoms with Crippen molar-refractivity contribution in [3.63, 3.8) is 0 Å². The van der Waals surface area contributed by atoms with Gasteiger partial charge in [-0.1, -0.05) is 60.7 Å². The van der Waals surface area contributed by atoms with Gasteiger partial charge in [0.25, 0.3) is 5.91 Å². The molecule has 0 bridgehead atoms. The monoisotopic (exact) mass is 492 g/mol. The fourth-order valence-electron chi connectivity index (χ4n) is 3.74. The van der Waals surface area contributed by atoms with Crippen LogP contribution in [0, 0.1) is 0 Å². The highest BCUT2D eigenvalue weighted by molar-refractivity contribution is 5.94. The number of aliphatic carboxylic acids is 1. The third-order valence-corrected chi connectivity index (χ3v) is 5.34. The Labute approximate surface area is 210 Å². The topological polar surface area (TPSA) is 118 Å². The minimum Gasteiger partial charge on any atom is -0.480 e. The lowest BCUT2D eigenvalue weighted by Crippen LogP contribution is -2.41. The molecular formula is C28H32N2O6. The highest BCUT2D eigenvalue weighted by Crippen LogP contribution is 2.32. The molecule has 0 aliphatic heterocycles. The van der Waals surface area contributed by atoms with E-state index >= 15 is 0 Å². The average Bonchev–Trinajstić information content (AvgIpc) is 3.31. The van der Waals surface area contributed by atoms with Crippen molar-refractivity contribution in [2.24, 2.45) is 0 Å². The van der Waals surface area contributed by atoms with E-state index in [2.05, 4.69) is 10.6 Å². The summed E-state index contributed by atoms with van der Waals surface area (Å²) in [4.78, 5) is 36.2.